The normalized spacial score (nSPS) is 9.64. The molecule has 0 aliphatic carbocycles. The first-order valence-corrected chi connectivity index (χ1v) is 6.14. The maximum atomic E-state index is 10.9. The molecule has 0 atom stereocenters. The molecule has 0 aliphatic rings. The zero-order valence-corrected chi connectivity index (χ0v) is 9.13. The van der Waals surface area contributed by atoms with Crippen LogP contribution >= 0.6 is 27.7 Å². The first kappa shape index (κ1) is 11.3. The zero-order chi connectivity index (χ0) is 8.53. The quantitative estimate of drug-likeness (QED) is 0.565. The van der Waals surface area contributed by atoms with Crippen molar-refractivity contribution in [2.75, 3.05) is 23.9 Å². The number of carbonyl (C=O) groups is 1. The third-order valence-electron chi connectivity index (χ3n) is 1.17. The van der Waals surface area contributed by atoms with Gasteiger partial charge in [-0.1, -0.05) is 15.9 Å². The molecule has 11 heavy (non-hydrogen) atoms. The third-order valence-corrected chi connectivity index (χ3v) is 2.26. The summed E-state index contributed by atoms with van der Waals surface area (Å²) in [5.41, 5.74) is 0. The summed E-state index contributed by atoms with van der Waals surface area (Å²) in [6.45, 7) is 0.812. The largest absolute Gasteiger partial charge is 0.356 e. The summed E-state index contributed by atoms with van der Waals surface area (Å²) in [6.07, 6.45) is 3.72. The van der Waals surface area contributed by atoms with E-state index in [9.17, 15) is 4.79 Å². The van der Waals surface area contributed by atoms with E-state index in [4.69, 9.17) is 0 Å². The number of alkyl halides is 1. The van der Waals surface area contributed by atoms with Crippen LogP contribution in [0.25, 0.3) is 0 Å². The van der Waals surface area contributed by atoms with Gasteiger partial charge in [0.25, 0.3) is 0 Å². The highest BCUT2D eigenvalue weighted by molar-refractivity contribution is 9.09. The van der Waals surface area contributed by atoms with Crippen LogP contribution in [0.15, 0.2) is 0 Å². The van der Waals surface area contributed by atoms with Gasteiger partial charge in [-0.05, 0) is 18.4 Å². The molecule has 0 aliphatic heterocycles. The molecule has 0 heterocycles. The Labute approximate surface area is 80.6 Å². The number of thioether (sulfide) groups is 1. The van der Waals surface area contributed by atoms with E-state index in [1.165, 1.54) is 0 Å². The highest BCUT2D eigenvalue weighted by Crippen LogP contribution is 1.93. The van der Waals surface area contributed by atoms with Crippen LogP contribution in [0.2, 0.25) is 0 Å². The molecule has 4 heteroatoms. The molecule has 1 N–H and O–H groups in total. The minimum Gasteiger partial charge on any atom is -0.356 e. The standard InChI is InChI=1S/C7H14BrNOS/c1-11-6-2-5-9-7(10)3-4-8/h2-6H2,1H3,(H,9,10). The Kier molecular flexibility index (Phi) is 8.63. The van der Waals surface area contributed by atoms with Crippen molar-refractivity contribution >= 4 is 33.6 Å². The fourth-order valence-corrected chi connectivity index (χ4v) is 1.41. The van der Waals surface area contributed by atoms with Crippen molar-refractivity contribution < 1.29 is 4.79 Å². The Balaban J connectivity index is 3.04. The Hall–Kier alpha value is 0.300. The molecule has 0 bridgehead atoms. The average molecular weight is 240 g/mol. The summed E-state index contributed by atoms with van der Waals surface area (Å²) in [6, 6.07) is 0. The Morgan fingerprint density at radius 1 is 1.64 bits per heavy atom. The maximum Gasteiger partial charge on any atom is 0.220 e. The van der Waals surface area contributed by atoms with Crippen LogP contribution in [0.5, 0.6) is 0 Å². The molecule has 0 spiro atoms. The van der Waals surface area contributed by atoms with E-state index in [0.29, 0.717) is 6.42 Å². The summed E-state index contributed by atoms with van der Waals surface area (Å²) < 4.78 is 0. The van der Waals surface area contributed by atoms with E-state index in [1.807, 2.05) is 0 Å². The molecule has 0 saturated carbocycles. The lowest BCUT2D eigenvalue weighted by Gasteiger charge is -2.01. The minimum atomic E-state index is 0.142. The molecule has 0 aromatic carbocycles. The van der Waals surface area contributed by atoms with Gasteiger partial charge in [0.05, 0.1) is 0 Å². The fraction of sp³-hybridized carbons (Fsp3) is 0.857. The van der Waals surface area contributed by atoms with Crippen LogP contribution in [-0.2, 0) is 4.79 Å². The van der Waals surface area contributed by atoms with Crippen molar-refractivity contribution in [1.29, 1.82) is 0 Å². The lowest BCUT2D eigenvalue weighted by atomic mass is 10.4. The highest BCUT2D eigenvalue weighted by atomic mass is 79.9. The molecular weight excluding hydrogens is 226 g/mol. The third kappa shape index (κ3) is 8.20. The highest BCUT2D eigenvalue weighted by Gasteiger charge is 1.96. The number of rotatable bonds is 6. The number of hydrogen-bond acceptors (Lipinski definition) is 2. The van der Waals surface area contributed by atoms with E-state index in [1.54, 1.807) is 11.8 Å². The number of halogens is 1. The van der Waals surface area contributed by atoms with Crippen LogP contribution in [0.4, 0.5) is 0 Å². The maximum absolute atomic E-state index is 10.9. The fourth-order valence-electron chi connectivity index (χ4n) is 0.619. The van der Waals surface area contributed by atoms with Gasteiger partial charge in [-0.15, -0.1) is 0 Å². The summed E-state index contributed by atoms with van der Waals surface area (Å²) in [5, 5.41) is 3.59. The summed E-state index contributed by atoms with van der Waals surface area (Å²) in [4.78, 5) is 10.9. The van der Waals surface area contributed by atoms with Crippen molar-refractivity contribution in [2.24, 2.45) is 0 Å². The molecule has 2 nitrogen and oxygen atoms in total. The average Bonchev–Trinajstić information content (AvgIpc) is 1.99. The molecule has 0 saturated heterocycles. The lowest BCUT2D eigenvalue weighted by molar-refractivity contribution is -0.120. The van der Waals surface area contributed by atoms with E-state index in [-0.39, 0.29) is 5.91 Å². The second-order valence-corrected chi connectivity index (χ2v) is 3.91. The van der Waals surface area contributed by atoms with Gasteiger partial charge >= 0.3 is 0 Å². The minimum absolute atomic E-state index is 0.142. The van der Waals surface area contributed by atoms with Gasteiger partial charge in [0.15, 0.2) is 0 Å². The predicted octanol–water partition coefficient (Wildman–Crippen LogP) is 1.64. The molecule has 0 fully saturated rings. The van der Waals surface area contributed by atoms with Crippen molar-refractivity contribution in [3.8, 4) is 0 Å². The van der Waals surface area contributed by atoms with Gasteiger partial charge < -0.3 is 5.32 Å². The van der Waals surface area contributed by atoms with E-state index >= 15 is 0 Å². The van der Waals surface area contributed by atoms with Gasteiger partial charge in [0, 0.05) is 18.3 Å². The van der Waals surface area contributed by atoms with Crippen LogP contribution in [-0.4, -0.2) is 29.8 Å². The van der Waals surface area contributed by atoms with Crippen LogP contribution < -0.4 is 5.32 Å². The Bertz CT molecular complexity index is 111. The van der Waals surface area contributed by atoms with Crippen molar-refractivity contribution in [3.63, 3.8) is 0 Å². The molecule has 0 aromatic rings. The molecular formula is C7H14BrNOS. The SMILES string of the molecule is CSCCCNC(=O)CCBr. The van der Waals surface area contributed by atoms with Gasteiger partial charge in [-0.2, -0.15) is 11.8 Å². The number of carbonyl (C=O) groups excluding carboxylic acids is 1. The van der Waals surface area contributed by atoms with Gasteiger partial charge in [-0.3, -0.25) is 4.79 Å². The van der Waals surface area contributed by atoms with Crippen molar-refractivity contribution in [3.05, 3.63) is 0 Å². The topological polar surface area (TPSA) is 29.1 Å². The van der Waals surface area contributed by atoms with Crippen LogP contribution in [0, 0.1) is 0 Å². The molecule has 0 rings (SSSR count). The zero-order valence-electron chi connectivity index (χ0n) is 6.73. The molecule has 0 radical (unpaired) electrons. The van der Waals surface area contributed by atoms with Crippen molar-refractivity contribution in [1.82, 2.24) is 5.32 Å². The summed E-state index contributed by atoms with van der Waals surface area (Å²) in [7, 11) is 0. The number of amides is 1. The van der Waals surface area contributed by atoms with E-state index in [0.717, 1.165) is 24.0 Å². The smallest absolute Gasteiger partial charge is 0.220 e. The molecule has 1 amide bonds. The predicted molar refractivity (Wildman–Crippen MR) is 54.4 cm³/mol. The molecule has 0 unspecified atom stereocenters. The summed E-state index contributed by atoms with van der Waals surface area (Å²) in [5.74, 6) is 1.26. The molecule has 0 aromatic heterocycles. The first-order valence-electron chi connectivity index (χ1n) is 3.63. The van der Waals surface area contributed by atoms with E-state index < -0.39 is 0 Å². The second-order valence-electron chi connectivity index (χ2n) is 2.14. The first-order chi connectivity index (χ1) is 5.31. The summed E-state index contributed by atoms with van der Waals surface area (Å²) >= 11 is 5.01. The van der Waals surface area contributed by atoms with Gasteiger partial charge in [0.2, 0.25) is 5.91 Å². The van der Waals surface area contributed by atoms with Crippen molar-refractivity contribution in [2.45, 2.75) is 12.8 Å². The van der Waals surface area contributed by atoms with Gasteiger partial charge in [0.1, 0.15) is 0 Å². The Morgan fingerprint density at radius 3 is 2.91 bits per heavy atom. The van der Waals surface area contributed by atoms with Gasteiger partial charge in [-0.25, -0.2) is 0 Å². The van der Waals surface area contributed by atoms with Crippen LogP contribution in [0.3, 0.4) is 0 Å². The van der Waals surface area contributed by atoms with Crippen LogP contribution in [0.1, 0.15) is 12.8 Å². The second kappa shape index (κ2) is 8.40. The number of nitrogens with one attached hydrogen (secondary N) is 1. The number of hydrogen-bond donors (Lipinski definition) is 1. The Morgan fingerprint density at radius 2 is 2.36 bits per heavy atom. The molecule has 66 valence electrons. The van der Waals surface area contributed by atoms with E-state index in [2.05, 4.69) is 27.5 Å². The monoisotopic (exact) mass is 239 g/mol. The lowest BCUT2D eigenvalue weighted by Crippen LogP contribution is -2.24.